The molecule has 24 heavy (non-hydrogen) atoms. The molecule has 1 saturated heterocycles. The maximum absolute atomic E-state index is 12.5. The minimum absolute atomic E-state index is 0.0766. The van der Waals surface area contributed by atoms with Crippen LogP contribution in [-0.4, -0.2) is 61.5 Å². The molecule has 0 aromatic heterocycles. The van der Waals surface area contributed by atoms with Gasteiger partial charge in [0.25, 0.3) is 0 Å². The number of carbonyl (C=O) groups excluding carboxylic acids is 1. The lowest BCUT2D eigenvalue weighted by Gasteiger charge is -2.36. The molecule has 1 aliphatic rings. The normalized spacial score (nSPS) is 18.4. The maximum atomic E-state index is 12.5. The van der Waals surface area contributed by atoms with Crippen molar-refractivity contribution in [1.82, 2.24) is 15.1 Å². The van der Waals surface area contributed by atoms with Crippen molar-refractivity contribution in [3.63, 3.8) is 0 Å². The summed E-state index contributed by atoms with van der Waals surface area (Å²) in [7, 11) is 2.11. The van der Waals surface area contributed by atoms with Gasteiger partial charge in [-0.15, -0.1) is 0 Å². The van der Waals surface area contributed by atoms with Crippen LogP contribution in [0.1, 0.15) is 26.3 Å². The van der Waals surface area contributed by atoms with Crippen LogP contribution < -0.4 is 5.32 Å². The highest BCUT2D eigenvalue weighted by molar-refractivity contribution is 6.42. The van der Waals surface area contributed by atoms with Gasteiger partial charge < -0.3 is 10.2 Å². The van der Waals surface area contributed by atoms with E-state index in [0.717, 1.165) is 31.7 Å². The molecule has 4 nitrogen and oxygen atoms in total. The second-order valence-corrected chi connectivity index (χ2v) is 8.06. The van der Waals surface area contributed by atoms with E-state index in [1.807, 2.05) is 19.1 Å². The summed E-state index contributed by atoms with van der Waals surface area (Å²) in [5.41, 5.74) is 0.843. The van der Waals surface area contributed by atoms with Crippen LogP contribution in [0.5, 0.6) is 0 Å². The van der Waals surface area contributed by atoms with E-state index in [9.17, 15) is 4.79 Å². The molecule has 1 fully saturated rings. The topological polar surface area (TPSA) is 35.6 Å². The van der Waals surface area contributed by atoms with Gasteiger partial charge in [0.2, 0.25) is 5.91 Å². The summed E-state index contributed by atoms with van der Waals surface area (Å²) in [4.78, 5) is 17.0. The molecule has 1 unspecified atom stereocenters. The number of halogens is 2. The van der Waals surface area contributed by atoms with Crippen molar-refractivity contribution < 1.29 is 4.79 Å². The molecule has 1 aliphatic heterocycles. The Hall–Kier alpha value is -0.810. The van der Waals surface area contributed by atoms with E-state index in [4.69, 9.17) is 23.2 Å². The fourth-order valence-electron chi connectivity index (χ4n) is 2.85. The van der Waals surface area contributed by atoms with Gasteiger partial charge in [0.1, 0.15) is 0 Å². The molecule has 0 aliphatic carbocycles. The number of hydrogen-bond donors (Lipinski definition) is 1. The summed E-state index contributed by atoms with van der Waals surface area (Å²) < 4.78 is 0. The number of piperazine rings is 1. The first kappa shape index (κ1) is 19.5. The molecule has 1 heterocycles. The third-order valence-electron chi connectivity index (χ3n) is 4.87. The highest BCUT2D eigenvalue weighted by Gasteiger charge is 2.27. The van der Waals surface area contributed by atoms with E-state index >= 15 is 0 Å². The number of nitrogens with zero attached hydrogens (tertiary/aromatic N) is 2. The molecule has 0 bridgehead atoms. The fraction of sp³-hybridized carbons (Fsp3) is 0.611. The van der Waals surface area contributed by atoms with Crippen molar-refractivity contribution in [3.05, 3.63) is 33.8 Å². The number of carbonyl (C=O) groups is 1. The molecule has 0 radical (unpaired) electrons. The first-order valence-electron chi connectivity index (χ1n) is 8.36. The van der Waals surface area contributed by atoms with Gasteiger partial charge in [-0.2, -0.15) is 0 Å². The number of hydrogen-bond acceptors (Lipinski definition) is 3. The molecule has 2 rings (SSSR count). The number of amides is 1. The minimum Gasteiger partial charge on any atom is -0.354 e. The lowest BCUT2D eigenvalue weighted by Crippen LogP contribution is -2.54. The van der Waals surface area contributed by atoms with Gasteiger partial charge >= 0.3 is 0 Å². The summed E-state index contributed by atoms with van der Waals surface area (Å²) >= 11 is 12.1. The number of likely N-dealkylation sites (N-methyl/N-ethyl adjacent to an activating group) is 1. The van der Waals surface area contributed by atoms with E-state index in [1.54, 1.807) is 6.07 Å². The zero-order valence-corrected chi connectivity index (χ0v) is 16.4. The van der Waals surface area contributed by atoms with E-state index in [-0.39, 0.29) is 17.4 Å². The van der Waals surface area contributed by atoms with Gasteiger partial charge in [0, 0.05) is 38.1 Å². The van der Waals surface area contributed by atoms with Crippen molar-refractivity contribution in [2.45, 2.75) is 32.2 Å². The van der Waals surface area contributed by atoms with Gasteiger partial charge in [-0.25, -0.2) is 0 Å². The van der Waals surface area contributed by atoms with Crippen molar-refractivity contribution in [1.29, 1.82) is 0 Å². The van der Waals surface area contributed by atoms with Crippen LogP contribution in [0.15, 0.2) is 18.2 Å². The third-order valence-corrected chi connectivity index (χ3v) is 5.61. The van der Waals surface area contributed by atoms with Crippen LogP contribution in [-0.2, 0) is 10.2 Å². The van der Waals surface area contributed by atoms with E-state index in [1.165, 1.54) is 0 Å². The Morgan fingerprint density at radius 1 is 1.21 bits per heavy atom. The number of rotatable bonds is 5. The Bertz CT molecular complexity index is 584. The Kier molecular flexibility index (Phi) is 6.54. The van der Waals surface area contributed by atoms with Gasteiger partial charge in [0.05, 0.1) is 16.1 Å². The van der Waals surface area contributed by atoms with E-state index < -0.39 is 0 Å². The average molecular weight is 372 g/mol. The van der Waals surface area contributed by atoms with E-state index in [2.05, 4.69) is 36.0 Å². The first-order valence-corrected chi connectivity index (χ1v) is 9.12. The predicted octanol–water partition coefficient (Wildman–Crippen LogP) is 3.02. The molecule has 1 atom stereocenters. The van der Waals surface area contributed by atoms with Gasteiger partial charge in [-0.05, 0) is 31.7 Å². The van der Waals surface area contributed by atoms with Crippen LogP contribution in [0, 0.1) is 0 Å². The lowest BCUT2D eigenvalue weighted by atomic mass is 9.84. The first-order chi connectivity index (χ1) is 11.2. The Labute approximate surface area is 155 Å². The van der Waals surface area contributed by atoms with Crippen molar-refractivity contribution in [3.8, 4) is 0 Å². The Morgan fingerprint density at radius 2 is 1.83 bits per heavy atom. The minimum atomic E-state index is -0.217. The molecule has 0 saturated carbocycles. The maximum Gasteiger partial charge on any atom is 0.237 e. The largest absolute Gasteiger partial charge is 0.354 e. The highest BCUT2D eigenvalue weighted by atomic mass is 35.5. The molecule has 1 aromatic carbocycles. The molecule has 0 spiro atoms. The van der Waals surface area contributed by atoms with Gasteiger partial charge in [-0.1, -0.05) is 43.1 Å². The van der Waals surface area contributed by atoms with Crippen LogP contribution in [0.25, 0.3) is 0 Å². The molecule has 1 amide bonds. The van der Waals surface area contributed by atoms with Crippen LogP contribution in [0.3, 0.4) is 0 Å². The fourth-order valence-corrected chi connectivity index (χ4v) is 3.15. The third kappa shape index (κ3) is 4.85. The average Bonchev–Trinajstić information content (AvgIpc) is 2.55. The van der Waals surface area contributed by atoms with Gasteiger partial charge in [-0.3, -0.25) is 9.69 Å². The van der Waals surface area contributed by atoms with Crippen molar-refractivity contribution >= 4 is 29.1 Å². The molecule has 1 aromatic rings. The molecule has 1 N–H and O–H groups in total. The van der Waals surface area contributed by atoms with Crippen LogP contribution in [0.2, 0.25) is 10.0 Å². The SMILES string of the molecule is CC(C(=O)NCC(C)(C)c1ccc(Cl)c(Cl)c1)N1CCN(C)CC1. The van der Waals surface area contributed by atoms with Gasteiger partial charge in [0.15, 0.2) is 0 Å². The Balaban J connectivity index is 1.93. The summed E-state index contributed by atoms with van der Waals surface area (Å²) in [6, 6.07) is 5.53. The number of nitrogens with one attached hydrogen (secondary N) is 1. The second-order valence-electron chi connectivity index (χ2n) is 7.25. The van der Waals surface area contributed by atoms with E-state index in [0.29, 0.717) is 16.6 Å². The molecular weight excluding hydrogens is 345 g/mol. The van der Waals surface area contributed by atoms with Crippen LogP contribution in [0.4, 0.5) is 0 Å². The standard InChI is InChI=1S/C18H27Cl2N3O/c1-13(23-9-7-22(4)8-10-23)17(24)21-12-18(2,3)14-5-6-15(19)16(20)11-14/h5-6,11,13H,7-10,12H2,1-4H3,(H,21,24). The lowest BCUT2D eigenvalue weighted by molar-refractivity contribution is -0.126. The molecular formula is C18H27Cl2N3O. The monoisotopic (exact) mass is 371 g/mol. The molecule has 6 heteroatoms. The zero-order valence-electron chi connectivity index (χ0n) is 14.9. The quantitative estimate of drug-likeness (QED) is 0.863. The van der Waals surface area contributed by atoms with Crippen molar-refractivity contribution in [2.24, 2.45) is 0 Å². The number of benzene rings is 1. The smallest absolute Gasteiger partial charge is 0.237 e. The molecule has 134 valence electrons. The summed E-state index contributed by atoms with van der Waals surface area (Å²) in [6.45, 7) is 10.6. The summed E-state index contributed by atoms with van der Waals surface area (Å²) in [6.07, 6.45) is 0. The highest BCUT2D eigenvalue weighted by Crippen LogP contribution is 2.29. The predicted molar refractivity (Wildman–Crippen MR) is 101 cm³/mol. The van der Waals surface area contributed by atoms with Crippen molar-refractivity contribution in [2.75, 3.05) is 39.8 Å². The Morgan fingerprint density at radius 3 is 2.42 bits per heavy atom. The second kappa shape index (κ2) is 8.05. The summed E-state index contributed by atoms with van der Waals surface area (Å²) in [5, 5.41) is 4.18. The summed E-state index contributed by atoms with van der Waals surface area (Å²) in [5.74, 6) is 0.0766. The zero-order chi connectivity index (χ0) is 17.9. The van der Waals surface area contributed by atoms with Crippen LogP contribution >= 0.6 is 23.2 Å².